The molecule has 1 heterocycles. The van der Waals surface area contributed by atoms with Crippen molar-refractivity contribution in [3.63, 3.8) is 0 Å². The molecule has 4 N–H and O–H groups in total. The molecule has 0 aliphatic rings. The fraction of sp³-hybridized carbons (Fsp3) is 0. The second kappa shape index (κ2) is 4.70. The molecule has 92 valence electrons. The van der Waals surface area contributed by atoms with Crippen molar-refractivity contribution >= 4 is 23.0 Å². The van der Waals surface area contributed by atoms with E-state index < -0.39 is 11.8 Å². The minimum absolute atomic E-state index is 0.0370. The second-order valence-electron chi connectivity index (χ2n) is 3.62. The first-order chi connectivity index (χ1) is 8.56. The number of nitrogens with one attached hydrogen (secondary N) is 1. The lowest BCUT2D eigenvalue weighted by atomic mass is 10.2. The lowest BCUT2D eigenvalue weighted by Gasteiger charge is -2.09. The third-order valence-electron chi connectivity index (χ3n) is 2.28. The van der Waals surface area contributed by atoms with Crippen molar-refractivity contribution < 1.29 is 14.3 Å². The molecule has 0 aliphatic heterocycles. The van der Waals surface area contributed by atoms with Gasteiger partial charge < -0.3 is 16.2 Å². The summed E-state index contributed by atoms with van der Waals surface area (Å²) in [5, 5.41) is 11.6. The van der Waals surface area contributed by atoms with Crippen molar-refractivity contribution in [1.29, 1.82) is 0 Å². The van der Waals surface area contributed by atoms with Gasteiger partial charge in [-0.3, -0.25) is 4.98 Å². The van der Waals surface area contributed by atoms with E-state index in [0.29, 0.717) is 17.1 Å². The number of benzene rings is 1. The standard InChI is InChI=1S/C12H10FN3O2/c13-8-1-2-10(14)11(4-8)16-9-3-7(12(17)18)5-15-6-9/h1-6,16H,14H2,(H,17,18). The lowest BCUT2D eigenvalue weighted by molar-refractivity contribution is 0.0696. The summed E-state index contributed by atoms with van der Waals surface area (Å²) in [5.74, 6) is -1.52. The van der Waals surface area contributed by atoms with Crippen LogP contribution in [-0.4, -0.2) is 16.1 Å². The number of hydrogen-bond donors (Lipinski definition) is 3. The van der Waals surface area contributed by atoms with E-state index in [1.54, 1.807) is 0 Å². The number of hydrogen-bond acceptors (Lipinski definition) is 4. The Morgan fingerprint density at radius 1 is 1.33 bits per heavy atom. The minimum Gasteiger partial charge on any atom is -0.478 e. The molecule has 0 unspecified atom stereocenters. The van der Waals surface area contributed by atoms with Gasteiger partial charge in [-0.2, -0.15) is 0 Å². The van der Waals surface area contributed by atoms with Gasteiger partial charge in [0.2, 0.25) is 0 Å². The third-order valence-corrected chi connectivity index (χ3v) is 2.28. The molecule has 0 saturated carbocycles. The van der Waals surface area contributed by atoms with Gasteiger partial charge in [0.05, 0.1) is 28.8 Å². The monoisotopic (exact) mass is 247 g/mol. The Bertz CT molecular complexity index is 602. The number of aromatic nitrogens is 1. The zero-order chi connectivity index (χ0) is 13.1. The van der Waals surface area contributed by atoms with Crippen LogP contribution in [0.25, 0.3) is 0 Å². The maximum atomic E-state index is 13.1. The van der Waals surface area contributed by atoms with Crippen LogP contribution in [0, 0.1) is 5.82 Å². The number of carbonyl (C=O) groups is 1. The summed E-state index contributed by atoms with van der Waals surface area (Å²) in [6.45, 7) is 0. The van der Waals surface area contributed by atoms with E-state index in [0.717, 1.165) is 0 Å². The van der Waals surface area contributed by atoms with Gasteiger partial charge in [0.1, 0.15) is 5.82 Å². The van der Waals surface area contributed by atoms with E-state index in [1.807, 2.05) is 0 Å². The summed E-state index contributed by atoms with van der Waals surface area (Å²) < 4.78 is 13.1. The average molecular weight is 247 g/mol. The molecular weight excluding hydrogens is 237 g/mol. The number of nitrogens with two attached hydrogens (primary N) is 1. The summed E-state index contributed by atoms with van der Waals surface area (Å²) in [6, 6.07) is 5.28. The van der Waals surface area contributed by atoms with Crippen LogP contribution in [0.3, 0.4) is 0 Å². The smallest absolute Gasteiger partial charge is 0.337 e. The van der Waals surface area contributed by atoms with Gasteiger partial charge in [0.25, 0.3) is 0 Å². The van der Waals surface area contributed by atoms with E-state index in [4.69, 9.17) is 10.8 Å². The quantitative estimate of drug-likeness (QED) is 0.724. The molecule has 0 spiro atoms. The number of halogens is 1. The highest BCUT2D eigenvalue weighted by Gasteiger charge is 2.06. The number of pyridine rings is 1. The highest BCUT2D eigenvalue weighted by molar-refractivity contribution is 5.88. The largest absolute Gasteiger partial charge is 0.478 e. The third kappa shape index (κ3) is 2.54. The van der Waals surface area contributed by atoms with Crippen molar-refractivity contribution in [2.75, 3.05) is 11.1 Å². The fourth-order valence-electron chi connectivity index (χ4n) is 1.42. The minimum atomic E-state index is -1.08. The molecule has 1 aromatic heterocycles. The molecule has 6 heteroatoms. The number of rotatable bonds is 3. The average Bonchev–Trinajstić information content (AvgIpc) is 2.34. The van der Waals surface area contributed by atoms with E-state index in [-0.39, 0.29) is 5.56 Å². The van der Waals surface area contributed by atoms with Crippen LogP contribution in [0.1, 0.15) is 10.4 Å². The molecule has 0 aliphatic carbocycles. The van der Waals surface area contributed by atoms with Crippen molar-refractivity contribution in [3.8, 4) is 0 Å². The van der Waals surface area contributed by atoms with Gasteiger partial charge in [-0.25, -0.2) is 9.18 Å². The summed E-state index contributed by atoms with van der Waals surface area (Å²) >= 11 is 0. The van der Waals surface area contributed by atoms with Crippen molar-refractivity contribution in [2.24, 2.45) is 0 Å². The van der Waals surface area contributed by atoms with Crippen LogP contribution in [-0.2, 0) is 0 Å². The zero-order valence-corrected chi connectivity index (χ0v) is 9.22. The van der Waals surface area contributed by atoms with Gasteiger partial charge in [-0.1, -0.05) is 0 Å². The van der Waals surface area contributed by atoms with Crippen molar-refractivity contribution in [1.82, 2.24) is 4.98 Å². The molecule has 0 radical (unpaired) electrons. The van der Waals surface area contributed by atoms with Crippen LogP contribution in [0.4, 0.5) is 21.5 Å². The van der Waals surface area contributed by atoms with E-state index >= 15 is 0 Å². The Morgan fingerprint density at radius 2 is 2.11 bits per heavy atom. The van der Waals surface area contributed by atoms with Crippen molar-refractivity contribution in [2.45, 2.75) is 0 Å². The molecule has 0 bridgehead atoms. The molecular formula is C12H10FN3O2. The molecule has 0 atom stereocenters. The molecule has 0 amide bonds. The maximum Gasteiger partial charge on any atom is 0.337 e. The highest BCUT2D eigenvalue weighted by Crippen LogP contribution is 2.23. The molecule has 0 saturated heterocycles. The lowest BCUT2D eigenvalue weighted by Crippen LogP contribution is -2.01. The Hall–Kier alpha value is -2.63. The fourth-order valence-corrected chi connectivity index (χ4v) is 1.42. The predicted molar refractivity (Wildman–Crippen MR) is 65.3 cm³/mol. The van der Waals surface area contributed by atoms with Gasteiger partial charge >= 0.3 is 5.97 Å². The maximum absolute atomic E-state index is 13.1. The zero-order valence-electron chi connectivity index (χ0n) is 9.22. The SMILES string of the molecule is Nc1ccc(F)cc1Nc1cncc(C(=O)O)c1. The summed E-state index contributed by atoms with van der Waals surface area (Å²) in [5.41, 5.74) is 6.85. The number of carboxylic acids is 1. The Kier molecular flexibility index (Phi) is 3.09. The molecule has 18 heavy (non-hydrogen) atoms. The van der Waals surface area contributed by atoms with Crippen LogP contribution in [0.5, 0.6) is 0 Å². The van der Waals surface area contributed by atoms with Crippen molar-refractivity contribution in [3.05, 3.63) is 48.0 Å². The molecule has 0 fully saturated rings. The Labute approximate surface area is 102 Å². The molecule has 2 aromatic rings. The number of aromatic carboxylic acids is 1. The number of nitrogens with zero attached hydrogens (tertiary/aromatic N) is 1. The predicted octanol–water partition coefficient (Wildman–Crippen LogP) is 2.24. The normalized spacial score (nSPS) is 10.1. The molecule has 1 aromatic carbocycles. The first-order valence-electron chi connectivity index (χ1n) is 5.06. The first kappa shape index (κ1) is 11.8. The summed E-state index contributed by atoms with van der Waals surface area (Å²) in [6.07, 6.45) is 2.65. The van der Waals surface area contributed by atoms with E-state index in [9.17, 15) is 9.18 Å². The van der Waals surface area contributed by atoms with E-state index in [2.05, 4.69) is 10.3 Å². The first-order valence-corrected chi connectivity index (χ1v) is 5.06. The Balaban J connectivity index is 2.31. The van der Waals surface area contributed by atoms with Crippen LogP contribution in [0.15, 0.2) is 36.7 Å². The van der Waals surface area contributed by atoms with Gasteiger partial charge in [-0.15, -0.1) is 0 Å². The van der Waals surface area contributed by atoms with Gasteiger partial charge in [0, 0.05) is 6.20 Å². The van der Waals surface area contributed by atoms with Crippen LogP contribution < -0.4 is 11.1 Å². The number of anilines is 3. The number of nitrogen functional groups attached to an aromatic ring is 1. The summed E-state index contributed by atoms with van der Waals surface area (Å²) in [7, 11) is 0. The molecule has 5 nitrogen and oxygen atoms in total. The van der Waals surface area contributed by atoms with Gasteiger partial charge in [0.15, 0.2) is 0 Å². The van der Waals surface area contributed by atoms with Crippen LogP contribution in [0.2, 0.25) is 0 Å². The molecule has 2 rings (SSSR count). The second-order valence-corrected chi connectivity index (χ2v) is 3.62. The Morgan fingerprint density at radius 3 is 2.83 bits per heavy atom. The van der Waals surface area contributed by atoms with Crippen LogP contribution >= 0.6 is 0 Å². The topological polar surface area (TPSA) is 88.2 Å². The van der Waals surface area contributed by atoms with E-state index in [1.165, 1.54) is 36.7 Å². The number of carboxylic acid groups (broad SMARTS) is 1. The van der Waals surface area contributed by atoms with Gasteiger partial charge in [-0.05, 0) is 24.3 Å². The highest BCUT2D eigenvalue weighted by atomic mass is 19.1. The summed E-state index contributed by atoms with van der Waals surface area (Å²) in [4.78, 5) is 14.6.